The second-order valence-electron chi connectivity index (χ2n) is 3.48. The molecule has 2 aromatic rings. The molecule has 0 unspecified atom stereocenters. The molecule has 0 spiro atoms. The van der Waals surface area contributed by atoms with Crippen LogP contribution in [0.2, 0.25) is 0 Å². The maximum atomic E-state index is 11.9. The molecule has 0 N–H and O–H groups in total. The van der Waals surface area contributed by atoms with E-state index in [1.54, 1.807) is 0 Å². The molecular formula is C14H13O2P. The van der Waals surface area contributed by atoms with Crippen molar-refractivity contribution in [3.05, 3.63) is 60.7 Å². The number of benzene rings is 2. The average Bonchev–Trinajstić information content (AvgIpc) is 2.41. The monoisotopic (exact) mass is 244 g/mol. The number of carbonyl (C=O) groups excluding carboxylic acids is 1. The SMILES string of the molecule is COC(=O)P(c1ccccc1)c1ccccc1. The summed E-state index contributed by atoms with van der Waals surface area (Å²) in [5.41, 5.74) is -0.169. The lowest BCUT2D eigenvalue weighted by atomic mass is 10.4. The normalized spacial score (nSPS) is 10.2. The lowest BCUT2D eigenvalue weighted by molar-refractivity contribution is 0.199. The van der Waals surface area contributed by atoms with Crippen LogP contribution in [0, 0.1) is 0 Å². The molecule has 17 heavy (non-hydrogen) atoms. The quantitative estimate of drug-likeness (QED) is 0.776. The van der Waals surface area contributed by atoms with Crippen LogP contribution in [0.3, 0.4) is 0 Å². The van der Waals surface area contributed by atoms with Gasteiger partial charge >= 0.3 is 5.71 Å². The Balaban J connectivity index is 2.43. The van der Waals surface area contributed by atoms with Gasteiger partial charge in [-0.15, -0.1) is 0 Å². The Hall–Kier alpha value is -1.66. The fourth-order valence-electron chi connectivity index (χ4n) is 1.61. The Morgan fingerprint density at radius 2 is 1.29 bits per heavy atom. The maximum Gasteiger partial charge on any atom is 0.335 e. The molecule has 0 aliphatic rings. The standard InChI is InChI=1S/C14H13O2P/c1-16-14(15)17(12-8-4-2-5-9-12)13-10-6-3-7-11-13/h2-11H,1H3. The topological polar surface area (TPSA) is 26.3 Å². The van der Waals surface area contributed by atoms with Gasteiger partial charge in [0, 0.05) is 0 Å². The summed E-state index contributed by atoms with van der Waals surface area (Å²) in [6.45, 7) is 0. The van der Waals surface area contributed by atoms with Gasteiger partial charge in [0.25, 0.3) is 0 Å². The van der Waals surface area contributed by atoms with Gasteiger partial charge in [0.2, 0.25) is 0 Å². The molecule has 0 heterocycles. The molecule has 2 aromatic carbocycles. The van der Waals surface area contributed by atoms with E-state index < -0.39 is 7.92 Å². The van der Waals surface area contributed by atoms with Gasteiger partial charge in [-0.25, -0.2) is 4.79 Å². The van der Waals surface area contributed by atoms with Gasteiger partial charge in [-0.3, -0.25) is 0 Å². The van der Waals surface area contributed by atoms with Gasteiger partial charge in [-0.2, -0.15) is 0 Å². The summed E-state index contributed by atoms with van der Waals surface area (Å²) >= 11 is 0. The molecule has 0 aromatic heterocycles. The van der Waals surface area contributed by atoms with Crippen LogP contribution in [0.4, 0.5) is 4.79 Å². The van der Waals surface area contributed by atoms with Crippen LogP contribution in [0.1, 0.15) is 0 Å². The summed E-state index contributed by atoms with van der Waals surface area (Å²) in [6, 6.07) is 19.5. The second-order valence-corrected chi connectivity index (χ2v) is 5.55. The molecule has 3 heteroatoms. The summed E-state index contributed by atoms with van der Waals surface area (Å²) in [5.74, 6) is 0. The molecule has 0 aliphatic carbocycles. The van der Waals surface area contributed by atoms with E-state index >= 15 is 0 Å². The zero-order chi connectivity index (χ0) is 12.1. The summed E-state index contributed by atoms with van der Waals surface area (Å²) in [7, 11) is 0.361. The van der Waals surface area contributed by atoms with Crippen molar-refractivity contribution in [1.29, 1.82) is 0 Å². The number of carbonyl (C=O) groups is 1. The fraction of sp³-hybridized carbons (Fsp3) is 0.0714. The smallest absolute Gasteiger partial charge is 0.335 e. The van der Waals surface area contributed by atoms with E-state index in [1.807, 2.05) is 60.7 Å². The Morgan fingerprint density at radius 3 is 1.65 bits per heavy atom. The second kappa shape index (κ2) is 5.60. The molecule has 0 fully saturated rings. The van der Waals surface area contributed by atoms with E-state index in [0.29, 0.717) is 0 Å². The molecular weight excluding hydrogens is 231 g/mol. The molecule has 2 rings (SSSR count). The molecule has 0 saturated heterocycles. The van der Waals surface area contributed by atoms with Crippen molar-refractivity contribution in [2.24, 2.45) is 0 Å². The number of hydrogen-bond acceptors (Lipinski definition) is 2. The van der Waals surface area contributed by atoms with Gasteiger partial charge in [0.1, 0.15) is 0 Å². The molecule has 0 atom stereocenters. The van der Waals surface area contributed by atoms with Crippen LogP contribution in [0.5, 0.6) is 0 Å². The van der Waals surface area contributed by atoms with Crippen LogP contribution < -0.4 is 10.6 Å². The fourth-order valence-corrected chi connectivity index (χ4v) is 3.45. The first-order valence-electron chi connectivity index (χ1n) is 5.31. The highest BCUT2D eigenvalue weighted by Gasteiger charge is 2.22. The van der Waals surface area contributed by atoms with Crippen LogP contribution in [0.25, 0.3) is 0 Å². The number of methoxy groups -OCH3 is 1. The van der Waals surface area contributed by atoms with Crippen molar-refractivity contribution in [2.75, 3.05) is 7.11 Å². The van der Waals surface area contributed by atoms with Crippen LogP contribution in [-0.4, -0.2) is 12.8 Å². The minimum atomic E-state index is -1.07. The van der Waals surface area contributed by atoms with Crippen LogP contribution >= 0.6 is 7.92 Å². The Kier molecular flexibility index (Phi) is 3.89. The zero-order valence-corrected chi connectivity index (χ0v) is 10.4. The lowest BCUT2D eigenvalue weighted by Crippen LogP contribution is -2.17. The minimum absolute atomic E-state index is 0.169. The molecule has 0 radical (unpaired) electrons. The predicted molar refractivity (Wildman–Crippen MR) is 71.5 cm³/mol. The maximum absolute atomic E-state index is 11.9. The van der Waals surface area contributed by atoms with Crippen LogP contribution in [-0.2, 0) is 4.74 Å². The molecule has 2 nitrogen and oxygen atoms in total. The van der Waals surface area contributed by atoms with Crippen molar-refractivity contribution in [2.45, 2.75) is 0 Å². The number of hydrogen-bond donors (Lipinski definition) is 0. The zero-order valence-electron chi connectivity index (χ0n) is 9.54. The van der Waals surface area contributed by atoms with Gasteiger partial charge < -0.3 is 4.74 Å². The van der Waals surface area contributed by atoms with Gasteiger partial charge in [0.15, 0.2) is 0 Å². The molecule has 0 amide bonds. The molecule has 0 saturated carbocycles. The Morgan fingerprint density at radius 1 is 0.882 bits per heavy atom. The van der Waals surface area contributed by atoms with Crippen molar-refractivity contribution >= 4 is 24.2 Å². The average molecular weight is 244 g/mol. The van der Waals surface area contributed by atoms with Crippen molar-refractivity contribution < 1.29 is 9.53 Å². The van der Waals surface area contributed by atoms with Crippen molar-refractivity contribution in [3.8, 4) is 0 Å². The van der Waals surface area contributed by atoms with Gasteiger partial charge in [0.05, 0.1) is 15.0 Å². The highest BCUT2D eigenvalue weighted by atomic mass is 31.1. The lowest BCUT2D eigenvalue weighted by Gasteiger charge is -2.15. The Bertz CT molecular complexity index is 443. The predicted octanol–water partition coefficient (Wildman–Crippen LogP) is 2.89. The summed E-state index contributed by atoms with van der Waals surface area (Å²) in [4.78, 5) is 11.9. The Labute approximate surface area is 102 Å². The first kappa shape index (κ1) is 11.8. The van der Waals surface area contributed by atoms with Gasteiger partial charge in [-0.1, -0.05) is 60.7 Å². The van der Waals surface area contributed by atoms with E-state index in [4.69, 9.17) is 4.74 Å². The molecule has 0 bridgehead atoms. The third-order valence-electron chi connectivity index (χ3n) is 2.39. The third kappa shape index (κ3) is 2.72. The van der Waals surface area contributed by atoms with Crippen molar-refractivity contribution in [1.82, 2.24) is 0 Å². The first-order valence-corrected chi connectivity index (χ1v) is 6.65. The van der Waals surface area contributed by atoms with E-state index in [1.165, 1.54) is 7.11 Å². The largest absolute Gasteiger partial charge is 0.465 e. The summed E-state index contributed by atoms with van der Waals surface area (Å²) in [5, 5.41) is 2.03. The minimum Gasteiger partial charge on any atom is -0.465 e. The molecule has 0 aliphatic heterocycles. The summed E-state index contributed by atoms with van der Waals surface area (Å²) < 4.78 is 4.91. The van der Waals surface area contributed by atoms with E-state index in [2.05, 4.69) is 0 Å². The third-order valence-corrected chi connectivity index (χ3v) is 4.56. The van der Waals surface area contributed by atoms with E-state index in [-0.39, 0.29) is 5.71 Å². The molecule has 86 valence electrons. The van der Waals surface area contributed by atoms with Crippen LogP contribution in [0.15, 0.2) is 60.7 Å². The summed E-state index contributed by atoms with van der Waals surface area (Å²) in [6.07, 6.45) is 0. The number of ether oxygens (including phenoxy) is 1. The van der Waals surface area contributed by atoms with E-state index in [0.717, 1.165) is 10.6 Å². The van der Waals surface area contributed by atoms with Crippen molar-refractivity contribution in [3.63, 3.8) is 0 Å². The first-order chi connectivity index (χ1) is 8.33. The van der Waals surface area contributed by atoms with Gasteiger partial charge in [-0.05, 0) is 10.6 Å². The number of rotatable bonds is 3. The van der Waals surface area contributed by atoms with E-state index in [9.17, 15) is 4.79 Å². The highest BCUT2D eigenvalue weighted by Crippen LogP contribution is 2.35. The highest BCUT2D eigenvalue weighted by molar-refractivity contribution is 7.87.